The van der Waals surface area contributed by atoms with Crippen LogP contribution in [0, 0.1) is 6.92 Å². The van der Waals surface area contributed by atoms with Crippen molar-refractivity contribution in [2.24, 2.45) is 0 Å². The maximum atomic E-state index is 11.4. The second-order valence-electron chi connectivity index (χ2n) is 3.86. The molecule has 3 heteroatoms. The third kappa shape index (κ3) is 1.54. The average Bonchev–Trinajstić information content (AvgIpc) is 2.46. The Kier molecular flexibility index (Phi) is 2.31. The molecule has 0 spiro atoms. The van der Waals surface area contributed by atoms with Crippen LogP contribution in [0.2, 0.25) is 0 Å². The molecule has 1 N–H and O–H groups in total. The number of carbonyl (C=O) groups is 2. The number of nitrogens with one attached hydrogen (secondary N) is 1. The van der Waals surface area contributed by atoms with Crippen molar-refractivity contribution in [1.29, 1.82) is 0 Å². The number of hydrogen-bond acceptors (Lipinski definition) is 2. The van der Waals surface area contributed by atoms with Crippen LogP contribution in [0.25, 0.3) is 0 Å². The Balaban J connectivity index is 2.49. The van der Waals surface area contributed by atoms with Crippen LogP contribution in [0.3, 0.4) is 0 Å². The minimum atomic E-state index is -0.516. The minimum absolute atomic E-state index is 0.420. The summed E-state index contributed by atoms with van der Waals surface area (Å²) < 4.78 is 0. The summed E-state index contributed by atoms with van der Waals surface area (Å²) in [5.41, 5.74) is 3.46. The molecule has 0 aromatic heterocycles. The van der Waals surface area contributed by atoms with E-state index in [0.29, 0.717) is 11.3 Å². The third-order valence-electron chi connectivity index (χ3n) is 2.69. The van der Waals surface area contributed by atoms with E-state index in [1.165, 1.54) is 5.56 Å². The summed E-state index contributed by atoms with van der Waals surface area (Å²) in [6, 6.07) is 3.72. The first-order chi connectivity index (χ1) is 7.13. The minimum Gasteiger partial charge on any atom is -0.318 e. The zero-order valence-electron chi connectivity index (χ0n) is 8.89. The van der Waals surface area contributed by atoms with E-state index in [2.05, 4.69) is 12.2 Å². The first-order valence-electron chi connectivity index (χ1n) is 5.12. The largest absolute Gasteiger partial charge is 0.318 e. The average molecular weight is 203 g/mol. The second kappa shape index (κ2) is 3.50. The van der Waals surface area contributed by atoms with Crippen LogP contribution >= 0.6 is 0 Å². The summed E-state index contributed by atoms with van der Waals surface area (Å²) in [5, 5.41) is 2.58. The Hall–Kier alpha value is -1.64. The smallest absolute Gasteiger partial charge is 0.296 e. The SMILES string of the molecule is CCCc1cc2c(cc1C)C(=O)C(=O)N2. The molecule has 0 atom stereocenters. The zero-order chi connectivity index (χ0) is 11.0. The van der Waals surface area contributed by atoms with E-state index in [1.54, 1.807) is 6.07 Å². The summed E-state index contributed by atoms with van der Waals surface area (Å²) in [5.74, 6) is -0.936. The van der Waals surface area contributed by atoms with E-state index in [9.17, 15) is 9.59 Å². The van der Waals surface area contributed by atoms with Gasteiger partial charge in [-0.15, -0.1) is 0 Å². The van der Waals surface area contributed by atoms with Gasteiger partial charge in [-0.3, -0.25) is 9.59 Å². The highest BCUT2D eigenvalue weighted by Crippen LogP contribution is 2.27. The van der Waals surface area contributed by atoms with Crippen molar-refractivity contribution in [3.05, 3.63) is 28.8 Å². The highest BCUT2D eigenvalue weighted by Gasteiger charge is 2.28. The molecule has 0 radical (unpaired) electrons. The fourth-order valence-corrected chi connectivity index (χ4v) is 1.88. The van der Waals surface area contributed by atoms with Crippen molar-refractivity contribution in [3.63, 3.8) is 0 Å². The van der Waals surface area contributed by atoms with Crippen LogP contribution in [0.4, 0.5) is 5.69 Å². The fourth-order valence-electron chi connectivity index (χ4n) is 1.88. The zero-order valence-corrected chi connectivity index (χ0v) is 8.89. The molecule has 3 nitrogen and oxygen atoms in total. The van der Waals surface area contributed by atoms with Gasteiger partial charge in [-0.05, 0) is 36.6 Å². The van der Waals surface area contributed by atoms with Gasteiger partial charge in [0.05, 0.1) is 11.3 Å². The van der Waals surface area contributed by atoms with Gasteiger partial charge < -0.3 is 5.32 Å². The molecular weight excluding hydrogens is 190 g/mol. The van der Waals surface area contributed by atoms with E-state index in [1.807, 2.05) is 13.0 Å². The predicted molar refractivity (Wildman–Crippen MR) is 58.1 cm³/mol. The van der Waals surface area contributed by atoms with Crippen molar-refractivity contribution in [1.82, 2.24) is 0 Å². The van der Waals surface area contributed by atoms with Gasteiger partial charge >= 0.3 is 0 Å². The fraction of sp³-hybridized carbons (Fsp3) is 0.333. The molecular formula is C12H13NO2. The van der Waals surface area contributed by atoms with Crippen LogP contribution in [0.5, 0.6) is 0 Å². The molecule has 0 saturated carbocycles. The number of fused-ring (bicyclic) bond motifs is 1. The van der Waals surface area contributed by atoms with Gasteiger partial charge in [0.25, 0.3) is 11.7 Å². The van der Waals surface area contributed by atoms with E-state index in [-0.39, 0.29) is 0 Å². The van der Waals surface area contributed by atoms with Crippen molar-refractivity contribution in [2.45, 2.75) is 26.7 Å². The van der Waals surface area contributed by atoms with Crippen molar-refractivity contribution >= 4 is 17.4 Å². The van der Waals surface area contributed by atoms with Gasteiger partial charge in [0.2, 0.25) is 0 Å². The lowest BCUT2D eigenvalue weighted by molar-refractivity contribution is -0.112. The van der Waals surface area contributed by atoms with Gasteiger partial charge in [-0.25, -0.2) is 0 Å². The third-order valence-corrected chi connectivity index (χ3v) is 2.69. The Labute approximate surface area is 88.5 Å². The highest BCUT2D eigenvalue weighted by molar-refractivity contribution is 6.51. The lowest BCUT2D eigenvalue weighted by atomic mass is 9.99. The van der Waals surface area contributed by atoms with E-state index < -0.39 is 11.7 Å². The molecule has 0 unspecified atom stereocenters. The first kappa shape index (κ1) is 9.90. The Morgan fingerprint density at radius 3 is 2.67 bits per heavy atom. The Bertz CT molecular complexity index is 449. The summed E-state index contributed by atoms with van der Waals surface area (Å²) in [4.78, 5) is 22.6. The van der Waals surface area contributed by atoms with Gasteiger partial charge in [-0.1, -0.05) is 13.3 Å². The number of amides is 1. The van der Waals surface area contributed by atoms with Crippen molar-refractivity contribution < 1.29 is 9.59 Å². The topological polar surface area (TPSA) is 46.2 Å². The molecule has 1 aromatic rings. The molecule has 15 heavy (non-hydrogen) atoms. The molecule has 1 aliphatic rings. The summed E-state index contributed by atoms with van der Waals surface area (Å²) in [7, 11) is 0. The van der Waals surface area contributed by atoms with Gasteiger partial charge in [-0.2, -0.15) is 0 Å². The number of anilines is 1. The lowest BCUT2D eigenvalue weighted by Gasteiger charge is -2.06. The number of hydrogen-bond donors (Lipinski definition) is 1. The molecule has 2 rings (SSSR count). The van der Waals surface area contributed by atoms with E-state index in [4.69, 9.17) is 0 Å². The predicted octanol–water partition coefficient (Wildman–Crippen LogP) is 2.08. The quantitative estimate of drug-likeness (QED) is 0.748. The van der Waals surface area contributed by atoms with Crippen molar-refractivity contribution in [3.8, 4) is 0 Å². The number of carbonyl (C=O) groups excluding carboxylic acids is 2. The number of Topliss-reactive ketones (excluding diaryl/α,β-unsaturated/α-hetero) is 1. The van der Waals surface area contributed by atoms with Crippen LogP contribution in [-0.2, 0) is 11.2 Å². The molecule has 0 fully saturated rings. The Morgan fingerprint density at radius 1 is 1.27 bits per heavy atom. The molecule has 78 valence electrons. The normalized spacial score (nSPS) is 14.0. The number of rotatable bonds is 2. The van der Waals surface area contributed by atoms with E-state index in [0.717, 1.165) is 18.4 Å². The van der Waals surface area contributed by atoms with Crippen molar-refractivity contribution in [2.75, 3.05) is 5.32 Å². The maximum absolute atomic E-state index is 11.4. The van der Waals surface area contributed by atoms with Gasteiger partial charge in [0, 0.05) is 0 Å². The molecule has 1 aliphatic heterocycles. The van der Waals surface area contributed by atoms with Crippen LogP contribution < -0.4 is 5.32 Å². The molecule has 0 saturated heterocycles. The van der Waals surface area contributed by atoms with Crippen LogP contribution in [0.1, 0.15) is 34.8 Å². The molecule has 0 bridgehead atoms. The highest BCUT2D eigenvalue weighted by atomic mass is 16.2. The van der Waals surface area contributed by atoms with Crippen LogP contribution in [0.15, 0.2) is 12.1 Å². The monoisotopic (exact) mass is 203 g/mol. The van der Waals surface area contributed by atoms with Crippen LogP contribution in [-0.4, -0.2) is 11.7 Å². The summed E-state index contributed by atoms with van der Waals surface area (Å²) in [6.45, 7) is 4.08. The molecule has 1 heterocycles. The number of aryl methyl sites for hydroxylation is 2. The maximum Gasteiger partial charge on any atom is 0.296 e. The number of ketones is 1. The molecule has 0 aliphatic carbocycles. The lowest BCUT2D eigenvalue weighted by Crippen LogP contribution is -2.12. The summed E-state index contributed by atoms with van der Waals surface area (Å²) >= 11 is 0. The molecule has 1 amide bonds. The summed E-state index contributed by atoms with van der Waals surface area (Å²) in [6.07, 6.45) is 2.03. The van der Waals surface area contributed by atoms with Gasteiger partial charge in [0.15, 0.2) is 0 Å². The van der Waals surface area contributed by atoms with Gasteiger partial charge in [0.1, 0.15) is 0 Å². The Morgan fingerprint density at radius 2 is 2.00 bits per heavy atom. The standard InChI is InChI=1S/C12H13NO2/c1-3-4-8-6-10-9(5-7(8)2)11(14)12(15)13-10/h5-6H,3-4H2,1-2H3,(H,13,14,15). The van der Waals surface area contributed by atoms with E-state index >= 15 is 0 Å². The number of benzene rings is 1. The first-order valence-corrected chi connectivity index (χ1v) is 5.12. The second-order valence-corrected chi connectivity index (χ2v) is 3.86. The molecule has 1 aromatic carbocycles.